The number of ether oxygens (including phenoxy) is 2. The Hall–Kier alpha value is -0.160. The van der Waals surface area contributed by atoms with E-state index in [1.54, 1.807) is 0 Å². The van der Waals surface area contributed by atoms with Crippen LogP contribution in [0.5, 0.6) is 0 Å². The first-order chi connectivity index (χ1) is 6.05. The van der Waals surface area contributed by atoms with Gasteiger partial charge in [-0.2, -0.15) is 0 Å². The van der Waals surface area contributed by atoms with Crippen LogP contribution in [0.25, 0.3) is 0 Å². The van der Waals surface area contributed by atoms with Crippen LogP contribution in [0, 0.1) is 5.41 Å². The molecule has 2 unspecified atom stereocenters. The highest BCUT2D eigenvalue weighted by Gasteiger charge is 2.33. The fourth-order valence-electron chi connectivity index (χ4n) is 1.61. The second-order valence-corrected chi connectivity index (χ2v) is 4.49. The maximum atomic E-state index is 5.59. The Morgan fingerprint density at radius 1 is 1.38 bits per heavy atom. The van der Waals surface area contributed by atoms with Crippen molar-refractivity contribution < 1.29 is 9.47 Å². The average Bonchev–Trinajstić information content (AvgIpc) is 2.05. The fraction of sp³-hybridized carbons (Fsp3) is 1.00. The summed E-state index contributed by atoms with van der Waals surface area (Å²) in [5.74, 6) is 5.50. The van der Waals surface area contributed by atoms with E-state index >= 15 is 0 Å². The van der Waals surface area contributed by atoms with Crippen molar-refractivity contribution in [2.75, 3.05) is 19.8 Å². The molecule has 1 saturated heterocycles. The van der Waals surface area contributed by atoms with Crippen molar-refractivity contribution in [3.63, 3.8) is 0 Å². The van der Waals surface area contributed by atoms with E-state index in [9.17, 15) is 0 Å². The molecule has 0 aromatic carbocycles. The second-order valence-electron chi connectivity index (χ2n) is 4.49. The van der Waals surface area contributed by atoms with E-state index in [-0.39, 0.29) is 17.6 Å². The molecule has 4 heteroatoms. The van der Waals surface area contributed by atoms with E-state index in [1.165, 1.54) is 0 Å². The zero-order valence-electron chi connectivity index (χ0n) is 8.67. The van der Waals surface area contributed by atoms with Gasteiger partial charge in [-0.15, -0.1) is 0 Å². The molecular formula is C9H20N2O2. The smallest absolute Gasteiger partial charge is 0.0980 e. The van der Waals surface area contributed by atoms with Gasteiger partial charge in [0.25, 0.3) is 0 Å². The Labute approximate surface area is 79.7 Å². The summed E-state index contributed by atoms with van der Waals surface area (Å²) in [6.07, 6.45) is 0.0683. The molecule has 1 aliphatic heterocycles. The van der Waals surface area contributed by atoms with Crippen LogP contribution in [0.1, 0.15) is 20.8 Å². The largest absolute Gasteiger partial charge is 0.376 e. The van der Waals surface area contributed by atoms with Crippen molar-refractivity contribution in [1.29, 1.82) is 0 Å². The number of hydrogen-bond acceptors (Lipinski definition) is 4. The molecule has 0 saturated carbocycles. The van der Waals surface area contributed by atoms with E-state index < -0.39 is 0 Å². The summed E-state index contributed by atoms with van der Waals surface area (Å²) in [5, 5.41) is 0. The topological polar surface area (TPSA) is 56.5 Å². The van der Waals surface area contributed by atoms with Crippen LogP contribution >= 0.6 is 0 Å². The molecule has 3 N–H and O–H groups in total. The Morgan fingerprint density at radius 2 is 2.08 bits per heavy atom. The third-order valence-electron chi connectivity index (χ3n) is 2.33. The van der Waals surface area contributed by atoms with Gasteiger partial charge >= 0.3 is 0 Å². The van der Waals surface area contributed by atoms with Gasteiger partial charge in [0.15, 0.2) is 0 Å². The Kier molecular flexibility index (Phi) is 3.67. The molecule has 1 heterocycles. The summed E-state index contributed by atoms with van der Waals surface area (Å²) in [5.41, 5.74) is 2.89. The zero-order valence-corrected chi connectivity index (χ0v) is 8.67. The summed E-state index contributed by atoms with van der Waals surface area (Å²) < 4.78 is 10.9. The molecule has 78 valence electrons. The first-order valence-electron chi connectivity index (χ1n) is 4.71. The standard InChI is InChI=1S/C9H20N2O2/c1-9(2,3)8(11-10)7-6-12-4-5-13-7/h7-8,11H,4-6,10H2,1-3H3. The van der Waals surface area contributed by atoms with Crippen molar-refractivity contribution >= 4 is 0 Å². The summed E-state index contributed by atoms with van der Waals surface area (Å²) in [4.78, 5) is 0. The van der Waals surface area contributed by atoms with Gasteiger partial charge < -0.3 is 9.47 Å². The minimum atomic E-state index is 0.0683. The van der Waals surface area contributed by atoms with Crippen molar-refractivity contribution in [3.8, 4) is 0 Å². The monoisotopic (exact) mass is 188 g/mol. The number of nitrogens with one attached hydrogen (secondary N) is 1. The molecule has 0 bridgehead atoms. The summed E-state index contributed by atoms with van der Waals surface area (Å²) in [7, 11) is 0. The third kappa shape index (κ3) is 2.91. The number of nitrogens with two attached hydrogens (primary N) is 1. The van der Waals surface area contributed by atoms with Gasteiger partial charge in [-0.05, 0) is 5.41 Å². The fourth-order valence-corrected chi connectivity index (χ4v) is 1.61. The number of rotatable bonds is 2. The van der Waals surface area contributed by atoms with Crippen LogP contribution in [-0.2, 0) is 9.47 Å². The van der Waals surface area contributed by atoms with Crippen LogP contribution in [0.2, 0.25) is 0 Å². The Morgan fingerprint density at radius 3 is 2.46 bits per heavy atom. The van der Waals surface area contributed by atoms with Crippen LogP contribution in [0.4, 0.5) is 0 Å². The first kappa shape index (κ1) is 10.9. The lowest BCUT2D eigenvalue weighted by atomic mass is 9.84. The number of hydrogen-bond donors (Lipinski definition) is 2. The van der Waals surface area contributed by atoms with Gasteiger partial charge in [0.2, 0.25) is 0 Å². The predicted octanol–water partition coefficient (Wildman–Crippen LogP) is 0.280. The molecule has 1 aliphatic rings. The van der Waals surface area contributed by atoms with Crippen molar-refractivity contribution in [2.45, 2.75) is 32.9 Å². The van der Waals surface area contributed by atoms with E-state index in [4.69, 9.17) is 15.3 Å². The van der Waals surface area contributed by atoms with Crippen LogP contribution in [0.3, 0.4) is 0 Å². The van der Waals surface area contributed by atoms with Crippen LogP contribution < -0.4 is 11.3 Å². The molecule has 2 atom stereocenters. The molecule has 0 spiro atoms. The maximum absolute atomic E-state index is 5.59. The molecule has 0 amide bonds. The van der Waals surface area contributed by atoms with E-state index in [2.05, 4.69) is 26.2 Å². The predicted molar refractivity (Wildman–Crippen MR) is 51.1 cm³/mol. The summed E-state index contributed by atoms with van der Waals surface area (Å²) in [6.45, 7) is 8.39. The van der Waals surface area contributed by atoms with Crippen molar-refractivity contribution in [3.05, 3.63) is 0 Å². The van der Waals surface area contributed by atoms with Gasteiger partial charge in [-0.3, -0.25) is 11.3 Å². The molecular weight excluding hydrogens is 168 g/mol. The minimum Gasteiger partial charge on any atom is -0.376 e. The lowest BCUT2D eigenvalue weighted by Gasteiger charge is -2.37. The third-order valence-corrected chi connectivity index (χ3v) is 2.33. The zero-order chi connectivity index (χ0) is 9.90. The molecule has 0 aliphatic carbocycles. The molecule has 4 nitrogen and oxygen atoms in total. The Balaban J connectivity index is 2.54. The van der Waals surface area contributed by atoms with Crippen molar-refractivity contribution in [1.82, 2.24) is 5.43 Å². The van der Waals surface area contributed by atoms with Gasteiger partial charge in [0.05, 0.1) is 32.0 Å². The maximum Gasteiger partial charge on any atom is 0.0980 e. The molecule has 1 fully saturated rings. The first-order valence-corrected chi connectivity index (χ1v) is 4.71. The summed E-state index contributed by atoms with van der Waals surface area (Å²) in [6, 6.07) is 0.132. The van der Waals surface area contributed by atoms with Crippen molar-refractivity contribution in [2.24, 2.45) is 11.3 Å². The molecule has 0 aromatic rings. The normalized spacial score (nSPS) is 27.2. The van der Waals surface area contributed by atoms with E-state index in [0.29, 0.717) is 19.8 Å². The molecule has 1 rings (SSSR count). The van der Waals surface area contributed by atoms with E-state index in [1.807, 2.05) is 0 Å². The van der Waals surface area contributed by atoms with Crippen LogP contribution in [0.15, 0.2) is 0 Å². The molecule has 0 aromatic heterocycles. The Bertz CT molecular complexity index is 150. The van der Waals surface area contributed by atoms with Gasteiger partial charge in [0, 0.05) is 0 Å². The molecule has 0 radical (unpaired) electrons. The lowest BCUT2D eigenvalue weighted by molar-refractivity contribution is -0.115. The second kappa shape index (κ2) is 4.37. The molecule has 13 heavy (non-hydrogen) atoms. The lowest BCUT2D eigenvalue weighted by Crippen LogP contribution is -2.55. The SMILES string of the molecule is CC(C)(C)C(NN)C1COCCO1. The summed E-state index contributed by atoms with van der Waals surface area (Å²) >= 11 is 0. The average molecular weight is 188 g/mol. The van der Waals surface area contributed by atoms with Gasteiger partial charge in [0.1, 0.15) is 0 Å². The van der Waals surface area contributed by atoms with E-state index in [0.717, 1.165) is 0 Å². The quantitative estimate of drug-likeness (QED) is 0.483. The minimum absolute atomic E-state index is 0.0683. The highest BCUT2D eigenvalue weighted by molar-refractivity contribution is 4.86. The van der Waals surface area contributed by atoms with Crippen LogP contribution in [-0.4, -0.2) is 32.0 Å². The highest BCUT2D eigenvalue weighted by Crippen LogP contribution is 2.24. The highest BCUT2D eigenvalue weighted by atomic mass is 16.6. The van der Waals surface area contributed by atoms with Gasteiger partial charge in [-0.25, -0.2) is 0 Å². The number of hydrazine groups is 1. The van der Waals surface area contributed by atoms with Gasteiger partial charge in [-0.1, -0.05) is 20.8 Å².